The maximum Gasteiger partial charge on any atom is 0.342 e. The Bertz CT molecular complexity index is 970. The molecule has 8 heteroatoms. The fourth-order valence-corrected chi connectivity index (χ4v) is 5.03. The summed E-state index contributed by atoms with van der Waals surface area (Å²) in [5.74, 6) is 0.0362. The van der Waals surface area contributed by atoms with Gasteiger partial charge in [0.1, 0.15) is 22.1 Å². The average Bonchev–Trinajstić information content (AvgIpc) is 3.14. The van der Waals surface area contributed by atoms with E-state index in [1.54, 1.807) is 20.8 Å². The van der Waals surface area contributed by atoms with Crippen LogP contribution in [0, 0.1) is 26.7 Å². The zero-order valence-electron chi connectivity index (χ0n) is 17.3. The second-order valence-electron chi connectivity index (χ2n) is 7.39. The number of nitrogens with one attached hydrogen (secondary N) is 1. The van der Waals surface area contributed by atoms with E-state index < -0.39 is 24.5 Å². The number of rotatable bonds is 5. The van der Waals surface area contributed by atoms with E-state index in [1.165, 1.54) is 18.4 Å². The topological polar surface area (TPSA) is 94.8 Å². The molecule has 0 aromatic carbocycles. The number of furan rings is 1. The number of hydrogen-bond acceptors (Lipinski definition) is 7. The molecule has 1 N–H and O–H groups in total. The molecule has 1 unspecified atom stereocenters. The highest BCUT2D eigenvalue weighted by Crippen LogP contribution is 2.40. The van der Waals surface area contributed by atoms with Gasteiger partial charge >= 0.3 is 11.9 Å². The lowest BCUT2D eigenvalue weighted by Gasteiger charge is -2.18. The average molecular weight is 419 g/mol. The van der Waals surface area contributed by atoms with E-state index in [-0.39, 0.29) is 0 Å². The smallest absolute Gasteiger partial charge is 0.342 e. The Morgan fingerprint density at radius 3 is 2.48 bits per heavy atom. The first-order valence-corrected chi connectivity index (χ1v) is 10.3. The lowest BCUT2D eigenvalue weighted by atomic mass is 9.88. The van der Waals surface area contributed by atoms with Gasteiger partial charge in [-0.2, -0.15) is 0 Å². The molecular formula is C21H25NO6S. The Morgan fingerprint density at radius 2 is 1.86 bits per heavy atom. The highest BCUT2D eigenvalue weighted by atomic mass is 32.1. The largest absolute Gasteiger partial charge is 0.465 e. The number of ether oxygens (including phenoxy) is 2. The highest BCUT2D eigenvalue weighted by molar-refractivity contribution is 7.17. The van der Waals surface area contributed by atoms with E-state index in [9.17, 15) is 14.4 Å². The van der Waals surface area contributed by atoms with Gasteiger partial charge in [-0.15, -0.1) is 11.3 Å². The van der Waals surface area contributed by atoms with Crippen LogP contribution >= 0.6 is 11.3 Å². The van der Waals surface area contributed by atoms with Gasteiger partial charge in [0.25, 0.3) is 5.91 Å². The molecular weight excluding hydrogens is 394 g/mol. The monoisotopic (exact) mass is 419 g/mol. The maximum absolute atomic E-state index is 12.4. The first-order valence-electron chi connectivity index (χ1n) is 9.49. The summed E-state index contributed by atoms with van der Waals surface area (Å²) in [5, 5.41) is 3.16. The van der Waals surface area contributed by atoms with E-state index in [1.807, 2.05) is 0 Å². The van der Waals surface area contributed by atoms with Gasteiger partial charge in [0.05, 0.1) is 12.7 Å². The molecule has 0 saturated heterocycles. The molecule has 2 aromatic heterocycles. The number of amides is 1. The third-order valence-corrected chi connectivity index (χ3v) is 6.42. The molecule has 0 bridgehead atoms. The predicted octanol–water partition coefficient (Wildman–Crippen LogP) is 3.97. The number of methoxy groups -OCH3 is 1. The van der Waals surface area contributed by atoms with Crippen LogP contribution in [-0.4, -0.2) is 31.6 Å². The number of anilines is 1. The molecule has 7 nitrogen and oxygen atoms in total. The van der Waals surface area contributed by atoms with Crippen molar-refractivity contribution in [3.63, 3.8) is 0 Å². The Morgan fingerprint density at radius 1 is 1.14 bits per heavy atom. The van der Waals surface area contributed by atoms with E-state index >= 15 is 0 Å². The van der Waals surface area contributed by atoms with Crippen LogP contribution in [0.2, 0.25) is 0 Å². The van der Waals surface area contributed by atoms with E-state index in [0.717, 1.165) is 29.7 Å². The van der Waals surface area contributed by atoms with E-state index in [4.69, 9.17) is 13.9 Å². The lowest BCUT2D eigenvalue weighted by molar-refractivity contribution is -0.119. The summed E-state index contributed by atoms with van der Waals surface area (Å²) >= 11 is 1.39. The van der Waals surface area contributed by atoms with Crippen molar-refractivity contribution in [1.82, 2.24) is 0 Å². The van der Waals surface area contributed by atoms with Crippen LogP contribution in [0.3, 0.4) is 0 Å². The first kappa shape index (κ1) is 21.1. The number of thiophene rings is 1. The minimum absolute atomic E-state index is 0.339. The third-order valence-electron chi connectivity index (χ3n) is 5.25. The van der Waals surface area contributed by atoms with Crippen molar-refractivity contribution in [2.75, 3.05) is 19.0 Å². The van der Waals surface area contributed by atoms with Crippen LogP contribution in [0.1, 0.15) is 61.6 Å². The summed E-state index contributed by atoms with van der Waals surface area (Å²) in [6, 6.07) is 0. The van der Waals surface area contributed by atoms with E-state index in [0.29, 0.717) is 39.1 Å². The van der Waals surface area contributed by atoms with Gasteiger partial charge in [0.2, 0.25) is 0 Å². The predicted molar refractivity (Wildman–Crippen MR) is 109 cm³/mol. The van der Waals surface area contributed by atoms with Crippen LogP contribution in [0.4, 0.5) is 5.00 Å². The molecule has 1 amide bonds. The van der Waals surface area contributed by atoms with Crippen LogP contribution in [-0.2, 0) is 27.1 Å². The van der Waals surface area contributed by atoms with Crippen molar-refractivity contribution in [2.45, 2.75) is 47.0 Å². The summed E-state index contributed by atoms with van der Waals surface area (Å²) in [6.45, 7) is 6.92. The molecule has 29 heavy (non-hydrogen) atoms. The molecule has 2 aromatic rings. The number of esters is 2. The molecule has 156 valence electrons. The summed E-state index contributed by atoms with van der Waals surface area (Å²) < 4.78 is 15.5. The highest BCUT2D eigenvalue weighted by Gasteiger charge is 2.29. The molecule has 1 aliphatic rings. The number of carbonyl (C=O) groups excluding carboxylic acids is 3. The van der Waals surface area contributed by atoms with Gasteiger partial charge in [-0.25, -0.2) is 9.59 Å². The molecule has 0 radical (unpaired) electrons. The molecule has 0 saturated carbocycles. The summed E-state index contributed by atoms with van der Waals surface area (Å²) in [4.78, 5) is 38.1. The van der Waals surface area contributed by atoms with Gasteiger partial charge in [-0.1, -0.05) is 6.92 Å². The quantitative estimate of drug-likeness (QED) is 0.737. The first-order chi connectivity index (χ1) is 13.7. The van der Waals surface area contributed by atoms with Crippen molar-refractivity contribution in [1.29, 1.82) is 0 Å². The fraction of sp³-hybridized carbons (Fsp3) is 0.476. The molecule has 1 aliphatic carbocycles. The van der Waals surface area contributed by atoms with Gasteiger partial charge in [0.15, 0.2) is 6.61 Å². The standard InChI is InChI=1S/C21H25NO6S/c1-10-6-7-14-15(8-10)29-19(18(14)20(24)26-5)22-16(23)9-27-21(25)17-11(2)12(3)28-13(17)4/h10H,6-9H2,1-5H3,(H,22,23). The normalized spacial score (nSPS) is 15.6. The van der Waals surface area contributed by atoms with Gasteiger partial charge < -0.3 is 19.2 Å². The SMILES string of the molecule is COC(=O)c1c(NC(=O)COC(=O)c2c(C)oc(C)c2C)sc2c1CCC(C)C2. The van der Waals surface area contributed by atoms with E-state index in [2.05, 4.69) is 12.2 Å². The van der Waals surface area contributed by atoms with Gasteiger partial charge in [0, 0.05) is 10.4 Å². The van der Waals surface area contributed by atoms with Crippen LogP contribution in [0.25, 0.3) is 0 Å². The Kier molecular flexibility index (Phi) is 6.12. The zero-order valence-corrected chi connectivity index (χ0v) is 18.1. The fourth-order valence-electron chi connectivity index (χ4n) is 3.62. The van der Waals surface area contributed by atoms with Gasteiger partial charge in [-0.05, 0) is 51.5 Å². The number of fused-ring (bicyclic) bond motifs is 1. The molecule has 0 spiro atoms. The molecule has 0 fully saturated rings. The number of carbonyl (C=O) groups is 3. The molecule has 1 atom stereocenters. The number of hydrogen-bond donors (Lipinski definition) is 1. The second kappa shape index (κ2) is 8.41. The Labute approximate surface area is 173 Å². The summed E-state index contributed by atoms with van der Waals surface area (Å²) in [7, 11) is 1.32. The van der Waals surface area contributed by atoms with Crippen LogP contribution in [0.5, 0.6) is 0 Å². The number of aryl methyl sites for hydroxylation is 2. The van der Waals surface area contributed by atoms with Crippen molar-refractivity contribution in [3.8, 4) is 0 Å². The third kappa shape index (κ3) is 4.22. The summed E-state index contributed by atoms with van der Waals surface area (Å²) in [6.07, 6.45) is 2.63. The Balaban J connectivity index is 1.72. The van der Waals surface area contributed by atoms with Crippen LogP contribution < -0.4 is 5.32 Å². The van der Waals surface area contributed by atoms with Crippen molar-refractivity contribution in [2.24, 2.45) is 5.92 Å². The Hall–Kier alpha value is -2.61. The molecule has 0 aliphatic heterocycles. The van der Waals surface area contributed by atoms with Crippen molar-refractivity contribution < 1.29 is 28.3 Å². The van der Waals surface area contributed by atoms with Gasteiger partial charge in [-0.3, -0.25) is 4.79 Å². The molecule has 3 rings (SSSR count). The molecule has 2 heterocycles. The zero-order chi connectivity index (χ0) is 21.3. The maximum atomic E-state index is 12.4. The van der Waals surface area contributed by atoms with Crippen molar-refractivity contribution in [3.05, 3.63) is 38.7 Å². The van der Waals surface area contributed by atoms with Crippen LogP contribution in [0.15, 0.2) is 4.42 Å². The van der Waals surface area contributed by atoms with Crippen molar-refractivity contribution >= 4 is 34.2 Å². The minimum atomic E-state index is -0.612. The summed E-state index contributed by atoms with van der Waals surface area (Å²) in [5.41, 5.74) is 2.40. The lowest BCUT2D eigenvalue weighted by Crippen LogP contribution is -2.22. The second-order valence-corrected chi connectivity index (χ2v) is 8.49. The minimum Gasteiger partial charge on any atom is -0.465 e.